The molecule has 1 aliphatic rings. The van der Waals surface area contributed by atoms with Gasteiger partial charge in [0.1, 0.15) is 35.6 Å². The summed E-state index contributed by atoms with van der Waals surface area (Å²) >= 11 is 0. The van der Waals surface area contributed by atoms with E-state index in [1.54, 1.807) is 24.3 Å². The normalized spacial score (nSPS) is 11.8. The van der Waals surface area contributed by atoms with Crippen molar-refractivity contribution in [2.24, 2.45) is 10.2 Å². The molecule has 0 fully saturated rings. The van der Waals surface area contributed by atoms with Gasteiger partial charge in [-0.1, -0.05) is 46.6 Å². The minimum Gasteiger partial charge on any atom is -0.507 e. The van der Waals surface area contributed by atoms with E-state index in [9.17, 15) is 19.8 Å². The highest BCUT2D eigenvalue weighted by Gasteiger charge is 2.21. The first kappa shape index (κ1) is 35.3. The van der Waals surface area contributed by atoms with Crippen molar-refractivity contribution < 1.29 is 29.3 Å². The first-order valence-electron chi connectivity index (χ1n) is 16.5. The van der Waals surface area contributed by atoms with Gasteiger partial charge in [-0.05, 0) is 106 Å². The number of para-hydroxylation sites is 2. The predicted molar refractivity (Wildman–Crippen MR) is 189 cm³/mol. The number of hydrogen-bond donors (Lipinski definition) is 2. The number of azide groups is 2. The van der Waals surface area contributed by atoms with Crippen LogP contribution in [0.4, 0.5) is 0 Å². The Morgan fingerprint density at radius 1 is 0.580 bits per heavy atom. The monoisotopic (exact) mass is 674 g/mol. The number of aromatic hydroxyl groups is 2. The molecule has 0 atom stereocenters. The molecule has 50 heavy (non-hydrogen) atoms. The van der Waals surface area contributed by atoms with Crippen molar-refractivity contribution in [3.05, 3.63) is 137 Å². The molecule has 0 spiro atoms. The molecule has 0 heterocycles. The molecule has 0 unspecified atom stereocenters. The van der Waals surface area contributed by atoms with Gasteiger partial charge in [0.25, 0.3) is 0 Å². The lowest BCUT2D eigenvalue weighted by molar-refractivity contribution is 0.111. The Hall–Kier alpha value is -5.96. The Kier molecular flexibility index (Phi) is 12.3. The number of benzene rings is 4. The van der Waals surface area contributed by atoms with E-state index in [2.05, 4.69) is 20.1 Å². The Morgan fingerprint density at radius 2 is 0.920 bits per heavy atom. The summed E-state index contributed by atoms with van der Waals surface area (Å²) in [5, 5.41) is 30.5. The molecule has 0 aliphatic heterocycles. The Labute approximate surface area is 289 Å². The number of phenols is 2. The lowest BCUT2D eigenvalue weighted by atomic mass is 9.90. The number of hydrogen-bond acceptors (Lipinski definition) is 8. The van der Waals surface area contributed by atoms with Crippen LogP contribution in [0.2, 0.25) is 0 Å². The second-order valence-electron chi connectivity index (χ2n) is 12.1. The lowest BCUT2D eigenvalue weighted by Gasteiger charge is -2.21. The number of nitrogens with zero attached hydrogens (tertiary/aromatic N) is 6. The number of fused-ring (bicyclic) bond motifs is 8. The summed E-state index contributed by atoms with van der Waals surface area (Å²) in [6, 6.07) is 18.1. The van der Waals surface area contributed by atoms with Crippen molar-refractivity contribution in [1.29, 1.82) is 0 Å². The quantitative estimate of drug-likeness (QED) is 0.0391. The van der Waals surface area contributed by atoms with E-state index >= 15 is 0 Å². The maximum atomic E-state index is 12.1. The van der Waals surface area contributed by atoms with Gasteiger partial charge in [-0.25, -0.2) is 0 Å². The number of carbonyl (C=O) groups is 2. The van der Waals surface area contributed by atoms with Crippen LogP contribution in [0.5, 0.6) is 23.0 Å². The van der Waals surface area contributed by atoms with E-state index in [1.165, 1.54) is 0 Å². The van der Waals surface area contributed by atoms with Gasteiger partial charge < -0.3 is 19.7 Å². The second kappa shape index (κ2) is 17.4. The minimum absolute atomic E-state index is 0.0672. The van der Waals surface area contributed by atoms with Crippen LogP contribution in [0, 0.1) is 0 Å². The summed E-state index contributed by atoms with van der Waals surface area (Å²) in [5.74, 6) is 1.30. The van der Waals surface area contributed by atoms with Crippen molar-refractivity contribution in [2.45, 2.75) is 51.4 Å². The first-order chi connectivity index (χ1) is 24.4. The highest BCUT2D eigenvalue weighted by atomic mass is 16.5. The van der Waals surface area contributed by atoms with Crippen molar-refractivity contribution in [3.63, 3.8) is 0 Å². The maximum Gasteiger partial charge on any atom is 0.150 e. The number of rotatable bonds is 14. The number of aldehydes is 2. The zero-order chi connectivity index (χ0) is 35.3. The van der Waals surface area contributed by atoms with Gasteiger partial charge in [0.05, 0.1) is 13.2 Å². The SMILES string of the molecule is [N-]=[N+]=NCCCCOc1c2cccc1Cc1cc(C=O)cc(c1O)Cc1cccc(c1OCCCCN=[N+]=[N-])Cc1cc(C=O)cc(c1O)C2. The zero-order valence-corrected chi connectivity index (χ0v) is 27.6. The van der Waals surface area contributed by atoms with E-state index in [1.807, 2.05) is 36.4 Å². The van der Waals surface area contributed by atoms with Gasteiger partial charge in [-0.2, -0.15) is 0 Å². The largest absolute Gasteiger partial charge is 0.507 e. The fourth-order valence-electron chi connectivity index (χ4n) is 6.28. The molecule has 0 saturated carbocycles. The van der Waals surface area contributed by atoms with E-state index < -0.39 is 0 Å². The molecular weight excluding hydrogens is 636 g/mol. The number of ether oxygens (including phenoxy) is 2. The van der Waals surface area contributed by atoms with Gasteiger partial charge in [-0.3, -0.25) is 9.59 Å². The summed E-state index contributed by atoms with van der Waals surface area (Å²) in [5.41, 5.74) is 23.3. The van der Waals surface area contributed by atoms with Crippen LogP contribution < -0.4 is 9.47 Å². The molecule has 0 aromatic heterocycles. The van der Waals surface area contributed by atoms with Gasteiger partial charge in [-0.15, -0.1) is 0 Å². The molecule has 4 aromatic carbocycles. The van der Waals surface area contributed by atoms with Crippen LogP contribution in [0.1, 0.15) is 90.9 Å². The number of carbonyl (C=O) groups excluding carboxylic acids is 2. The molecule has 1 aliphatic carbocycles. The third-order valence-corrected chi connectivity index (χ3v) is 8.66. The smallest absolute Gasteiger partial charge is 0.150 e. The molecule has 5 rings (SSSR count). The average molecular weight is 675 g/mol. The van der Waals surface area contributed by atoms with Gasteiger partial charge in [0, 0.05) is 59.7 Å². The first-order valence-corrected chi connectivity index (χ1v) is 16.5. The molecule has 0 radical (unpaired) electrons. The summed E-state index contributed by atoms with van der Waals surface area (Å²) in [6.07, 6.45) is 5.08. The Balaban J connectivity index is 1.64. The van der Waals surface area contributed by atoms with Crippen molar-refractivity contribution >= 4 is 12.6 Å². The molecule has 12 nitrogen and oxygen atoms in total. The molecule has 12 heteroatoms. The lowest BCUT2D eigenvalue weighted by Crippen LogP contribution is -2.08. The van der Waals surface area contributed by atoms with Crippen LogP contribution in [0.3, 0.4) is 0 Å². The second-order valence-corrected chi connectivity index (χ2v) is 12.1. The van der Waals surface area contributed by atoms with Crippen LogP contribution in [0.25, 0.3) is 20.9 Å². The standard InChI is InChI=1S/C38H38N6O6/c39-43-41-11-1-3-13-49-37-27-7-5-8-28(37)20-32-16-26(24-46)18-34(36(32)48)22-30-10-6-9-29(38(30)50-14-4-2-12-42-44-40)21-33-17-25(23-45)15-31(19-27)35(33)47/h5-10,15-18,23-24,47-48H,1-4,11-14,19-22H2. The van der Waals surface area contributed by atoms with Crippen molar-refractivity contribution in [2.75, 3.05) is 26.3 Å². The zero-order valence-electron chi connectivity index (χ0n) is 27.6. The van der Waals surface area contributed by atoms with Crippen LogP contribution in [-0.2, 0) is 25.7 Å². The summed E-state index contributed by atoms with van der Waals surface area (Å²) in [4.78, 5) is 29.9. The number of phenolic OH excluding ortho intramolecular Hbond substituents is 2. The molecule has 2 N–H and O–H groups in total. The predicted octanol–water partition coefficient (Wildman–Crippen LogP) is 8.34. The topological polar surface area (TPSA) is 191 Å². The summed E-state index contributed by atoms with van der Waals surface area (Å²) in [6.45, 7) is 1.38. The van der Waals surface area contributed by atoms with Crippen LogP contribution in [0.15, 0.2) is 70.9 Å². The third-order valence-electron chi connectivity index (χ3n) is 8.66. The van der Waals surface area contributed by atoms with Crippen molar-refractivity contribution in [1.82, 2.24) is 0 Å². The molecule has 0 saturated heterocycles. The Bertz CT molecular complexity index is 1730. The van der Waals surface area contributed by atoms with E-state index in [-0.39, 0.29) is 37.2 Å². The maximum absolute atomic E-state index is 12.1. The van der Waals surface area contributed by atoms with E-state index in [4.69, 9.17) is 20.5 Å². The van der Waals surface area contributed by atoms with Crippen LogP contribution >= 0.6 is 0 Å². The fourth-order valence-corrected chi connectivity index (χ4v) is 6.28. The molecule has 8 bridgehead atoms. The third kappa shape index (κ3) is 8.73. The average Bonchev–Trinajstić information content (AvgIpc) is 3.12. The minimum atomic E-state index is 0.0672. The highest BCUT2D eigenvalue weighted by Crippen LogP contribution is 2.39. The van der Waals surface area contributed by atoms with Crippen LogP contribution in [-0.4, -0.2) is 49.1 Å². The van der Waals surface area contributed by atoms with E-state index in [0.717, 1.165) is 34.8 Å². The molecule has 0 amide bonds. The molecule has 4 aromatic rings. The van der Waals surface area contributed by atoms with Crippen molar-refractivity contribution in [3.8, 4) is 23.0 Å². The number of unbranched alkanes of at least 4 members (excludes halogenated alkanes) is 2. The van der Waals surface area contributed by atoms with Gasteiger partial charge in [0.15, 0.2) is 0 Å². The van der Waals surface area contributed by atoms with Gasteiger partial charge in [0.2, 0.25) is 0 Å². The molecular formula is C38H38N6O6. The fraction of sp³-hybridized carbons (Fsp3) is 0.316. The Morgan fingerprint density at radius 3 is 1.22 bits per heavy atom. The van der Waals surface area contributed by atoms with E-state index in [0.29, 0.717) is 96.9 Å². The molecule has 256 valence electrons. The highest BCUT2D eigenvalue weighted by molar-refractivity contribution is 5.78. The van der Waals surface area contributed by atoms with Gasteiger partial charge >= 0.3 is 0 Å². The summed E-state index contributed by atoms with van der Waals surface area (Å²) < 4.78 is 12.7. The summed E-state index contributed by atoms with van der Waals surface area (Å²) in [7, 11) is 0.